The molecule has 1 aliphatic rings. The van der Waals surface area contributed by atoms with E-state index in [0.29, 0.717) is 30.1 Å². The van der Waals surface area contributed by atoms with Gasteiger partial charge in [-0.2, -0.15) is 8.99 Å². The van der Waals surface area contributed by atoms with Crippen LogP contribution in [-0.2, 0) is 34.3 Å². The first-order chi connectivity index (χ1) is 25.4. The molecule has 0 radical (unpaired) electrons. The molecule has 1 aliphatic heterocycles. The smallest absolute Gasteiger partial charge is 0.254 e. The van der Waals surface area contributed by atoms with E-state index in [9.17, 15) is 13.2 Å². The number of nitrogens with zero attached hydrogens (tertiary/aromatic N) is 8. The van der Waals surface area contributed by atoms with E-state index in [0.717, 1.165) is 50.8 Å². The number of hydrogen-bond donors (Lipinski definition) is 1. The van der Waals surface area contributed by atoms with Crippen molar-refractivity contribution in [1.29, 1.82) is 0 Å². The van der Waals surface area contributed by atoms with Crippen LogP contribution in [0.15, 0.2) is 89.8 Å². The number of sulfonamides is 1. The van der Waals surface area contributed by atoms with Crippen LogP contribution in [0.3, 0.4) is 0 Å². The Labute approximate surface area is 310 Å². The summed E-state index contributed by atoms with van der Waals surface area (Å²) in [6.45, 7) is 13.3. The zero-order chi connectivity index (χ0) is 37.5. The second kappa shape index (κ2) is 14.3. The summed E-state index contributed by atoms with van der Waals surface area (Å²) in [5.41, 5.74) is 6.75. The first-order valence-corrected chi connectivity index (χ1v) is 19.5. The molecule has 0 fully saturated rings. The summed E-state index contributed by atoms with van der Waals surface area (Å²) in [5.74, 6) is -0.381. The fourth-order valence-corrected chi connectivity index (χ4v) is 9.32. The van der Waals surface area contributed by atoms with Gasteiger partial charge in [0, 0.05) is 25.6 Å². The molecule has 1 amide bonds. The van der Waals surface area contributed by atoms with Gasteiger partial charge in [0.2, 0.25) is 15.9 Å². The number of amides is 1. The Kier molecular flexibility index (Phi) is 9.73. The van der Waals surface area contributed by atoms with Gasteiger partial charge in [-0.15, -0.1) is 5.10 Å². The van der Waals surface area contributed by atoms with E-state index in [1.807, 2.05) is 100.0 Å². The van der Waals surface area contributed by atoms with E-state index < -0.39 is 21.4 Å². The average Bonchev–Trinajstić information content (AvgIpc) is 3.78. The van der Waals surface area contributed by atoms with Crippen LogP contribution < -0.4 is 5.32 Å². The van der Waals surface area contributed by atoms with Crippen molar-refractivity contribution in [3.63, 3.8) is 0 Å². The summed E-state index contributed by atoms with van der Waals surface area (Å²) >= 11 is 0. The highest BCUT2D eigenvalue weighted by molar-refractivity contribution is 7.89. The SMILES string of the molecule is CC[C@H]1Cc2ccccc2S(=O)(=O)N(Cc2cc([C@@H](c3ccc4c(nnn4CC)c3C)C(C)(C)C(=O)Nc3nnnn3-c3ccccc3)ccc2C)C1. The number of carbonyl (C=O) groups excluding carboxylic acids is 1. The van der Waals surface area contributed by atoms with Gasteiger partial charge in [0.25, 0.3) is 5.95 Å². The average molecular weight is 732 g/mol. The predicted molar refractivity (Wildman–Crippen MR) is 204 cm³/mol. The van der Waals surface area contributed by atoms with Crippen LogP contribution in [-0.4, -0.2) is 60.4 Å². The van der Waals surface area contributed by atoms with Crippen LogP contribution in [0.4, 0.5) is 5.95 Å². The van der Waals surface area contributed by atoms with Gasteiger partial charge < -0.3 is 0 Å². The van der Waals surface area contributed by atoms with E-state index in [2.05, 4.69) is 50.2 Å². The molecule has 12 nitrogen and oxygen atoms in total. The lowest BCUT2D eigenvalue weighted by atomic mass is 9.69. The summed E-state index contributed by atoms with van der Waals surface area (Å²) in [6.07, 6.45) is 1.58. The van der Waals surface area contributed by atoms with E-state index >= 15 is 0 Å². The van der Waals surface area contributed by atoms with Crippen molar-refractivity contribution in [2.75, 3.05) is 11.9 Å². The predicted octanol–water partition coefficient (Wildman–Crippen LogP) is 6.61. The maximum absolute atomic E-state index is 14.6. The Morgan fingerprint density at radius 3 is 2.45 bits per heavy atom. The van der Waals surface area contributed by atoms with E-state index in [1.54, 1.807) is 16.4 Å². The Balaban J connectivity index is 1.32. The Morgan fingerprint density at radius 1 is 0.943 bits per heavy atom. The van der Waals surface area contributed by atoms with Crippen LogP contribution in [0.25, 0.3) is 16.7 Å². The third-order valence-electron chi connectivity index (χ3n) is 10.8. The molecule has 0 spiro atoms. The molecule has 53 heavy (non-hydrogen) atoms. The number of benzene rings is 4. The van der Waals surface area contributed by atoms with Crippen molar-refractivity contribution in [3.05, 3.63) is 118 Å². The fraction of sp³-hybridized carbons (Fsp3) is 0.350. The van der Waals surface area contributed by atoms with Crippen molar-refractivity contribution in [2.45, 2.75) is 78.3 Å². The molecule has 1 N–H and O–H groups in total. The topological polar surface area (TPSA) is 141 Å². The lowest BCUT2D eigenvalue weighted by Crippen LogP contribution is -2.38. The van der Waals surface area contributed by atoms with Crippen LogP contribution in [0.1, 0.15) is 73.4 Å². The number of carbonyl (C=O) groups is 1. The largest absolute Gasteiger partial charge is 0.293 e. The van der Waals surface area contributed by atoms with Gasteiger partial charge in [-0.05, 0) is 101 Å². The van der Waals surface area contributed by atoms with Crippen LogP contribution in [0, 0.1) is 25.2 Å². The number of aryl methyl sites for hydroxylation is 3. The van der Waals surface area contributed by atoms with Gasteiger partial charge in [-0.1, -0.05) is 98.2 Å². The summed E-state index contributed by atoms with van der Waals surface area (Å²) in [5, 5.41) is 24.1. The van der Waals surface area contributed by atoms with Crippen LogP contribution >= 0.6 is 0 Å². The van der Waals surface area contributed by atoms with E-state index in [-0.39, 0.29) is 24.3 Å². The fourth-order valence-electron chi connectivity index (χ4n) is 7.60. The highest BCUT2D eigenvalue weighted by Gasteiger charge is 2.41. The molecular formula is C40H45N9O3S. The van der Waals surface area contributed by atoms with Gasteiger partial charge in [0.05, 0.1) is 21.5 Å². The number of aromatic nitrogens is 7. The lowest BCUT2D eigenvalue weighted by molar-refractivity contribution is -0.124. The molecule has 0 bridgehead atoms. The molecule has 6 aromatic rings. The van der Waals surface area contributed by atoms with Crippen molar-refractivity contribution < 1.29 is 13.2 Å². The Morgan fingerprint density at radius 2 is 1.70 bits per heavy atom. The summed E-state index contributed by atoms with van der Waals surface area (Å²) in [6, 6.07) is 26.9. The minimum Gasteiger partial charge on any atom is -0.293 e. The first-order valence-electron chi connectivity index (χ1n) is 18.1. The molecule has 2 aromatic heterocycles. The molecule has 0 aliphatic carbocycles. The molecule has 274 valence electrons. The lowest BCUT2D eigenvalue weighted by Gasteiger charge is -2.35. The van der Waals surface area contributed by atoms with Gasteiger partial charge in [0.1, 0.15) is 5.52 Å². The zero-order valence-corrected chi connectivity index (χ0v) is 31.8. The van der Waals surface area contributed by atoms with Gasteiger partial charge in [0.15, 0.2) is 0 Å². The van der Waals surface area contributed by atoms with Gasteiger partial charge in [-0.25, -0.2) is 13.1 Å². The normalized spacial score (nSPS) is 16.6. The highest BCUT2D eigenvalue weighted by atomic mass is 32.2. The standard InChI is InChI=1S/C40H45N9O3S/c1-7-28-22-29-14-12-13-17-35(29)53(51,52)47(24-28)25-31-23-30(19-18-26(31)3)36(33-20-21-34-37(27(33)4)42-45-48(34)8-2)40(5,6)38(50)41-39-43-44-46-49(39)32-15-10-9-11-16-32/h9-21,23,28,36H,7-8,22,24-25H2,1-6H3,(H,41,43,46,50)/t28-,36-/m0/s1. The van der Waals surface area contributed by atoms with Crippen molar-refractivity contribution in [3.8, 4) is 5.69 Å². The van der Waals surface area contributed by atoms with Crippen molar-refractivity contribution >= 4 is 32.9 Å². The minimum absolute atomic E-state index is 0.186. The third kappa shape index (κ3) is 6.63. The van der Waals surface area contributed by atoms with Crippen molar-refractivity contribution in [2.24, 2.45) is 11.3 Å². The Hall–Kier alpha value is -5.27. The molecule has 13 heteroatoms. The van der Waals surface area contributed by atoms with Crippen LogP contribution in [0.2, 0.25) is 0 Å². The third-order valence-corrected chi connectivity index (χ3v) is 12.7. The number of hydrogen-bond acceptors (Lipinski definition) is 8. The van der Waals surface area contributed by atoms with E-state index in [1.165, 1.54) is 4.68 Å². The zero-order valence-electron chi connectivity index (χ0n) is 31.0. The van der Waals surface area contributed by atoms with Crippen molar-refractivity contribution in [1.82, 2.24) is 39.5 Å². The summed E-state index contributed by atoms with van der Waals surface area (Å²) in [4.78, 5) is 14.9. The second-order valence-electron chi connectivity index (χ2n) is 14.5. The number of tetrazole rings is 1. The molecule has 2 atom stereocenters. The van der Waals surface area contributed by atoms with Crippen LogP contribution in [0.5, 0.6) is 0 Å². The van der Waals surface area contributed by atoms with E-state index in [4.69, 9.17) is 0 Å². The number of fused-ring (bicyclic) bond motifs is 2. The monoisotopic (exact) mass is 731 g/mol. The molecule has 4 aromatic carbocycles. The maximum Gasteiger partial charge on any atom is 0.254 e. The summed E-state index contributed by atoms with van der Waals surface area (Å²) < 4.78 is 33.4. The maximum atomic E-state index is 14.6. The molecule has 7 rings (SSSR count). The first kappa shape index (κ1) is 36.1. The number of rotatable bonds is 10. The summed E-state index contributed by atoms with van der Waals surface area (Å²) in [7, 11) is -3.76. The molecule has 0 saturated carbocycles. The molecule has 0 saturated heterocycles. The number of anilines is 1. The molecular weight excluding hydrogens is 687 g/mol. The number of nitrogens with one attached hydrogen (secondary N) is 1. The minimum atomic E-state index is -3.76. The highest BCUT2D eigenvalue weighted by Crippen LogP contribution is 2.45. The van der Waals surface area contributed by atoms with Gasteiger partial charge >= 0.3 is 0 Å². The molecule has 0 unspecified atom stereocenters. The molecule has 3 heterocycles. The van der Waals surface area contributed by atoms with Gasteiger partial charge in [-0.3, -0.25) is 10.1 Å². The second-order valence-corrected chi connectivity index (χ2v) is 16.4. The quantitative estimate of drug-likeness (QED) is 0.166. The number of para-hydroxylation sites is 1. The Bertz CT molecular complexity index is 2400.